The summed E-state index contributed by atoms with van der Waals surface area (Å²) in [4.78, 5) is 22.6. The molecule has 1 saturated heterocycles. The number of amides is 1. The van der Waals surface area contributed by atoms with Gasteiger partial charge in [0.15, 0.2) is 0 Å². The molecule has 1 aromatic rings. The third kappa shape index (κ3) is 3.56. The highest BCUT2D eigenvalue weighted by atomic mass is 16.2. The van der Waals surface area contributed by atoms with Crippen LogP contribution in [0.15, 0.2) is 6.07 Å². The van der Waals surface area contributed by atoms with Crippen LogP contribution in [0.4, 0.5) is 11.6 Å². The first-order valence-corrected chi connectivity index (χ1v) is 6.80. The largest absolute Gasteiger partial charge is 0.373 e. The summed E-state index contributed by atoms with van der Waals surface area (Å²) in [6.45, 7) is 4.05. The van der Waals surface area contributed by atoms with Gasteiger partial charge in [0.2, 0.25) is 5.91 Å². The molecule has 2 N–H and O–H groups in total. The molecule has 1 aliphatic rings. The van der Waals surface area contributed by atoms with Gasteiger partial charge in [0.05, 0.1) is 6.54 Å². The lowest BCUT2D eigenvalue weighted by molar-refractivity contribution is -0.119. The van der Waals surface area contributed by atoms with E-state index in [9.17, 15) is 4.79 Å². The number of hydrogen-bond acceptors (Lipinski definition) is 5. The molecule has 0 spiro atoms. The number of hydrogen-bond donors (Lipinski definition) is 2. The zero-order valence-electron chi connectivity index (χ0n) is 11.6. The Kier molecular flexibility index (Phi) is 4.54. The van der Waals surface area contributed by atoms with Gasteiger partial charge in [-0.3, -0.25) is 4.79 Å². The van der Waals surface area contributed by atoms with Crippen LogP contribution < -0.4 is 15.5 Å². The highest BCUT2D eigenvalue weighted by Gasteiger charge is 2.17. The van der Waals surface area contributed by atoms with Gasteiger partial charge in [0.1, 0.15) is 17.5 Å². The van der Waals surface area contributed by atoms with E-state index in [0.29, 0.717) is 6.54 Å². The second kappa shape index (κ2) is 6.36. The molecule has 2 rings (SSSR count). The van der Waals surface area contributed by atoms with Crippen LogP contribution in [-0.2, 0) is 11.2 Å². The van der Waals surface area contributed by atoms with E-state index in [1.54, 1.807) is 0 Å². The quantitative estimate of drug-likeness (QED) is 0.840. The van der Waals surface area contributed by atoms with Gasteiger partial charge in [-0.2, -0.15) is 0 Å². The number of nitrogens with zero attached hydrogens (tertiary/aromatic N) is 3. The van der Waals surface area contributed by atoms with E-state index in [4.69, 9.17) is 0 Å². The Morgan fingerprint density at radius 3 is 3.05 bits per heavy atom. The van der Waals surface area contributed by atoms with Crippen LogP contribution in [0.25, 0.3) is 0 Å². The lowest BCUT2D eigenvalue weighted by Crippen LogP contribution is -2.33. The molecule has 0 radical (unpaired) electrons. The molecule has 2 heterocycles. The summed E-state index contributed by atoms with van der Waals surface area (Å²) in [5, 5.41) is 5.93. The highest BCUT2D eigenvalue weighted by molar-refractivity contribution is 5.81. The van der Waals surface area contributed by atoms with Gasteiger partial charge in [0.25, 0.3) is 0 Å². The molecular weight excluding hydrogens is 242 g/mol. The first-order chi connectivity index (χ1) is 9.22. The molecule has 0 aromatic carbocycles. The van der Waals surface area contributed by atoms with Crippen molar-refractivity contribution >= 4 is 17.5 Å². The average Bonchev–Trinajstić information content (AvgIpc) is 2.63. The molecule has 1 aromatic heterocycles. The first-order valence-electron chi connectivity index (χ1n) is 6.80. The number of aromatic nitrogens is 2. The minimum atomic E-state index is 0.0548. The van der Waals surface area contributed by atoms with E-state index in [-0.39, 0.29) is 5.91 Å². The number of carbonyl (C=O) groups excluding carboxylic acids is 1. The van der Waals surface area contributed by atoms with Crippen molar-refractivity contribution in [3.8, 4) is 0 Å². The zero-order chi connectivity index (χ0) is 13.7. The van der Waals surface area contributed by atoms with E-state index < -0.39 is 0 Å². The van der Waals surface area contributed by atoms with Crippen LogP contribution in [0, 0.1) is 0 Å². The maximum absolute atomic E-state index is 11.6. The Hall–Kier alpha value is -1.85. The predicted octanol–water partition coefficient (Wildman–Crippen LogP) is 0.797. The molecule has 0 aliphatic carbocycles. The van der Waals surface area contributed by atoms with Crippen molar-refractivity contribution in [2.75, 3.05) is 36.9 Å². The number of anilines is 2. The third-order valence-corrected chi connectivity index (χ3v) is 3.07. The van der Waals surface area contributed by atoms with Crippen molar-refractivity contribution in [3.63, 3.8) is 0 Å². The lowest BCUT2D eigenvalue weighted by atomic mass is 10.3. The van der Waals surface area contributed by atoms with Crippen molar-refractivity contribution in [3.05, 3.63) is 11.9 Å². The molecule has 0 saturated carbocycles. The highest BCUT2D eigenvalue weighted by Crippen LogP contribution is 2.17. The maximum Gasteiger partial charge on any atom is 0.239 e. The van der Waals surface area contributed by atoms with Gasteiger partial charge in [-0.15, -0.1) is 0 Å². The molecule has 0 atom stereocenters. The zero-order valence-corrected chi connectivity index (χ0v) is 11.6. The summed E-state index contributed by atoms with van der Waals surface area (Å²) in [6, 6.07) is 1.90. The van der Waals surface area contributed by atoms with Crippen LogP contribution in [0.3, 0.4) is 0 Å². The van der Waals surface area contributed by atoms with E-state index in [1.807, 2.05) is 18.0 Å². The van der Waals surface area contributed by atoms with Crippen molar-refractivity contribution in [2.45, 2.75) is 26.2 Å². The topological polar surface area (TPSA) is 70.2 Å². The minimum absolute atomic E-state index is 0.0548. The minimum Gasteiger partial charge on any atom is -0.373 e. The molecular formula is C13H21N5O. The summed E-state index contributed by atoms with van der Waals surface area (Å²) in [6.07, 6.45) is 2.80. The fourth-order valence-corrected chi connectivity index (χ4v) is 2.11. The number of aryl methyl sites for hydroxylation is 1. The molecule has 0 unspecified atom stereocenters. The van der Waals surface area contributed by atoms with Crippen molar-refractivity contribution < 1.29 is 4.79 Å². The van der Waals surface area contributed by atoms with E-state index in [2.05, 4.69) is 27.5 Å². The molecule has 1 amide bonds. The van der Waals surface area contributed by atoms with Crippen LogP contribution in [0.5, 0.6) is 0 Å². The second-order valence-corrected chi connectivity index (χ2v) is 4.65. The Bertz CT molecular complexity index is 449. The Labute approximate surface area is 113 Å². The third-order valence-electron chi connectivity index (χ3n) is 3.07. The summed E-state index contributed by atoms with van der Waals surface area (Å²) in [7, 11) is 1.84. The SMILES string of the molecule is CCCc1nc(NC)cc(N2CCCNC(=O)C2)n1. The van der Waals surface area contributed by atoms with Gasteiger partial charge in [-0.05, 0) is 12.8 Å². The normalized spacial score (nSPS) is 15.9. The Morgan fingerprint density at radius 1 is 1.47 bits per heavy atom. The van der Waals surface area contributed by atoms with Crippen molar-refractivity contribution in [2.24, 2.45) is 0 Å². The summed E-state index contributed by atoms with van der Waals surface area (Å²) in [5.74, 6) is 2.52. The van der Waals surface area contributed by atoms with Gasteiger partial charge in [-0.25, -0.2) is 9.97 Å². The number of nitrogens with one attached hydrogen (secondary N) is 2. The Morgan fingerprint density at radius 2 is 2.32 bits per heavy atom. The number of rotatable bonds is 4. The molecule has 6 heteroatoms. The molecule has 1 fully saturated rings. The Balaban J connectivity index is 2.25. The fraction of sp³-hybridized carbons (Fsp3) is 0.615. The molecule has 104 valence electrons. The van der Waals surface area contributed by atoms with E-state index in [0.717, 1.165) is 49.8 Å². The van der Waals surface area contributed by atoms with Crippen LogP contribution in [0.2, 0.25) is 0 Å². The monoisotopic (exact) mass is 263 g/mol. The fourth-order valence-electron chi connectivity index (χ4n) is 2.11. The summed E-state index contributed by atoms with van der Waals surface area (Å²) in [5.41, 5.74) is 0. The van der Waals surface area contributed by atoms with Crippen LogP contribution in [0.1, 0.15) is 25.6 Å². The van der Waals surface area contributed by atoms with Gasteiger partial charge >= 0.3 is 0 Å². The maximum atomic E-state index is 11.6. The summed E-state index contributed by atoms with van der Waals surface area (Å²) >= 11 is 0. The molecule has 1 aliphatic heterocycles. The lowest BCUT2D eigenvalue weighted by Gasteiger charge is -2.21. The molecule has 6 nitrogen and oxygen atoms in total. The van der Waals surface area contributed by atoms with Gasteiger partial charge in [-0.1, -0.05) is 6.92 Å². The molecule has 19 heavy (non-hydrogen) atoms. The van der Waals surface area contributed by atoms with Gasteiger partial charge < -0.3 is 15.5 Å². The molecule has 0 bridgehead atoms. The van der Waals surface area contributed by atoms with E-state index in [1.165, 1.54) is 0 Å². The standard InChI is InChI=1S/C13H21N5O/c1-3-5-10-16-11(14-2)8-12(17-10)18-7-4-6-15-13(19)9-18/h8H,3-7,9H2,1-2H3,(H,15,19)(H,14,16,17). The number of carbonyl (C=O) groups is 1. The first kappa shape index (κ1) is 13.6. The smallest absolute Gasteiger partial charge is 0.239 e. The second-order valence-electron chi connectivity index (χ2n) is 4.65. The van der Waals surface area contributed by atoms with Crippen molar-refractivity contribution in [1.82, 2.24) is 15.3 Å². The van der Waals surface area contributed by atoms with Crippen LogP contribution in [-0.4, -0.2) is 42.6 Å². The summed E-state index contributed by atoms with van der Waals surface area (Å²) < 4.78 is 0. The average molecular weight is 263 g/mol. The predicted molar refractivity (Wildman–Crippen MR) is 75.4 cm³/mol. The van der Waals surface area contributed by atoms with Crippen molar-refractivity contribution in [1.29, 1.82) is 0 Å². The van der Waals surface area contributed by atoms with Gasteiger partial charge in [0, 0.05) is 32.6 Å². The van der Waals surface area contributed by atoms with Crippen LogP contribution >= 0.6 is 0 Å². The van der Waals surface area contributed by atoms with E-state index >= 15 is 0 Å².